The van der Waals surface area contributed by atoms with Gasteiger partial charge in [-0.1, -0.05) is 23.5 Å². The van der Waals surface area contributed by atoms with Gasteiger partial charge >= 0.3 is 5.97 Å². The number of hydrogen-bond acceptors (Lipinski definition) is 8. The molecule has 174 valence electrons. The van der Waals surface area contributed by atoms with Crippen LogP contribution >= 0.6 is 11.3 Å². The Morgan fingerprint density at radius 2 is 1.88 bits per heavy atom. The van der Waals surface area contributed by atoms with Gasteiger partial charge in [0.1, 0.15) is 0 Å². The fraction of sp³-hybridized carbons (Fsp3) is 0.318. The Morgan fingerprint density at radius 3 is 2.64 bits per heavy atom. The first-order chi connectivity index (χ1) is 15.7. The number of nitrogens with zero attached hydrogens (tertiary/aromatic N) is 3. The zero-order chi connectivity index (χ0) is 23.6. The Kier molecular flexibility index (Phi) is 6.75. The molecule has 1 fully saturated rings. The number of fused-ring (bicyclic) bond motifs is 1. The normalized spacial score (nSPS) is 15.5. The van der Waals surface area contributed by atoms with Gasteiger partial charge in [0.05, 0.1) is 20.7 Å². The van der Waals surface area contributed by atoms with Crippen molar-refractivity contribution in [3.05, 3.63) is 53.6 Å². The van der Waals surface area contributed by atoms with Crippen LogP contribution in [0.3, 0.4) is 0 Å². The van der Waals surface area contributed by atoms with Crippen molar-refractivity contribution in [3.8, 4) is 0 Å². The molecule has 1 aliphatic heterocycles. The van der Waals surface area contributed by atoms with Crippen molar-refractivity contribution in [2.24, 2.45) is 0 Å². The average Bonchev–Trinajstić information content (AvgIpc) is 3.19. The largest absolute Gasteiger partial charge is 0.452 e. The lowest BCUT2D eigenvalue weighted by Gasteiger charge is -2.31. The molecule has 0 aliphatic carbocycles. The topological polar surface area (TPSA) is 109 Å². The molecule has 0 bridgehead atoms. The fourth-order valence-electron chi connectivity index (χ4n) is 3.42. The number of nitrogens with one attached hydrogen (secondary N) is 1. The molecule has 1 aliphatic rings. The minimum atomic E-state index is -3.72. The molecule has 9 nitrogen and oxygen atoms in total. The molecule has 1 N–H and O–H groups in total. The van der Waals surface area contributed by atoms with Crippen LogP contribution in [-0.4, -0.2) is 74.3 Å². The van der Waals surface area contributed by atoms with E-state index in [0.29, 0.717) is 31.3 Å². The van der Waals surface area contributed by atoms with Crippen LogP contribution in [0.2, 0.25) is 0 Å². The summed E-state index contributed by atoms with van der Waals surface area (Å²) in [6.45, 7) is 3.53. The van der Waals surface area contributed by atoms with E-state index >= 15 is 0 Å². The molecule has 2 aromatic carbocycles. The van der Waals surface area contributed by atoms with Gasteiger partial charge in [0.15, 0.2) is 11.7 Å². The van der Waals surface area contributed by atoms with E-state index in [0.717, 1.165) is 15.8 Å². The summed E-state index contributed by atoms with van der Waals surface area (Å²) in [5.74, 6) is -1.30. The highest BCUT2D eigenvalue weighted by molar-refractivity contribution is 7.89. The summed E-state index contributed by atoms with van der Waals surface area (Å²) < 4.78 is 33.3. The highest BCUT2D eigenvalue weighted by Gasteiger charge is 2.28. The lowest BCUT2D eigenvalue weighted by Crippen LogP contribution is -2.47. The number of thiazole rings is 1. The van der Waals surface area contributed by atoms with Crippen LogP contribution in [0.25, 0.3) is 10.2 Å². The Balaban J connectivity index is 1.37. The first-order valence-electron chi connectivity index (χ1n) is 10.4. The van der Waals surface area contributed by atoms with Crippen molar-refractivity contribution in [2.45, 2.75) is 11.8 Å². The van der Waals surface area contributed by atoms with Crippen molar-refractivity contribution < 1.29 is 22.7 Å². The van der Waals surface area contributed by atoms with Crippen LogP contribution in [-0.2, 0) is 19.6 Å². The zero-order valence-corrected chi connectivity index (χ0v) is 19.9. The van der Waals surface area contributed by atoms with E-state index in [-0.39, 0.29) is 10.5 Å². The second-order valence-electron chi connectivity index (χ2n) is 7.85. The highest BCUT2D eigenvalue weighted by Crippen LogP contribution is 2.26. The van der Waals surface area contributed by atoms with Gasteiger partial charge in [0, 0.05) is 26.2 Å². The van der Waals surface area contributed by atoms with Crippen LogP contribution in [0.15, 0.2) is 47.4 Å². The number of ether oxygens (including phenoxy) is 1. The molecular formula is C22H24N4O5S2. The standard InChI is InChI=1S/C22H24N4O5S2/c1-15-6-7-18-19(12-15)32-22(23-18)24-20(27)14-31-21(28)16-4-3-5-17(13-16)33(29,30)26-10-8-25(2)9-11-26/h3-7,12-13H,8-11,14H2,1-2H3,(H,23,24,27). The Hall–Kier alpha value is -2.86. The molecule has 1 aromatic heterocycles. The molecule has 11 heteroatoms. The Morgan fingerprint density at radius 1 is 1.12 bits per heavy atom. The highest BCUT2D eigenvalue weighted by atomic mass is 32.2. The van der Waals surface area contributed by atoms with Crippen molar-refractivity contribution in [1.82, 2.24) is 14.2 Å². The van der Waals surface area contributed by atoms with Gasteiger partial charge in [-0.2, -0.15) is 4.31 Å². The van der Waals surface area contributed by atoms with Gasteiger partial charge in [-0.3, -0.25) is 10.1 Å². The van der Waals surface area contributed by atoms with Gasteiger partial charge < -0.3 is 9.64 Å². The summed E-state index contributed by atoms with van der Waals surface area (Å²) in [6.07, 6.45) is 0. The minimum Gasteiger partial charge on any atom is -0.452 e. The zero-order valence-electron chi connectivity index (χ0n) is 18.3. The third-order valence-corrected chi connectivity index (χ3v) is 8.12. The van der Waals surface area contributed by atoms with Crippen LogP contribution < -0.4 is 5.32 Å². The van der Waals surface area contributed by atoms with E-state index in [1.165, 1.54) is 39.9 Å². The Labute approximate surface area is 196 Å². The number of carbonyl (C=O) groups is 2. The number of esters is 1. The predicted octanol–water partition coefficient (Wildman–Crippen LogP) is 2.34. The number of anilines is 1. The molecule has 33 heavy (non-hydrogen) atoms. The molecule has 0 spiro atoms. The number of benzene rings is 2. The number of piperazine rings is 1. The van der Waals surface area contributed by atoms with E-state index in [1.807, 2.05) is 32.2 Å². The van der Waals surface area contributed by atoms with Gasteiger partial charge in [-0.15, -0.1) is 0 Å². The maximum atomic E-state index is 12.9. The molecule has 0 atom stereocenters. The molecular weight excluding hydrogens is 464 g/mol. The number of hydrogen-bond donors (Lipinski definition) is 1. The maximum Gasteiger partial charge on any atom is 0.338 e. The number of carbonyl (C=O) groups excluding carboxylic acids is 2. The molecule has 1 saturated heterocycles. The van der Waals surface area contributed by atoms with E-state index in [2.05, 4.69) is 15.2 Å². The van der Waals surface area contributed by atoms with Crippen LogP contribution in [0.1, 0.15) is 15.9 Å². The van der Waals surface area contributed by atoms with Gasteiger partial charge in [-0.05, 0) is 49.9 Å². The Bertz CT molecular complexity index is 1300. The summed E-state index contributed by atoms with van der Waals surface area (Å²) in [6, 6.07) is 11.5. The first-order valence-corrected chi connectivity index (χ1v) is 12.6. The first kappa shape index (κ1) is 23.3. The molecule has 1 amide bonds. The fourth-order valence-corrected chi connectivity index (χ4v) is 5.86. The van der Waals surface area contributed by atoms with Gasteiger partial charge in [0.2, 0.25) is 10.0 Å². The number of rotatable bonds is 6. The average molecular weight is 489 g/mol. The number of aryl methyl sites for hydroxylation is 1. The summed E-state index contributed by atoms with van der Waals surface area (Å²) in [5.41, 5.74) is 1.93. The van der Waals surface area contributed by atoms with Crippen molar-refractivity contribution in [1.29, 1.82) is 0 Å². The molecule has 3 aromatic rings. The third-order valence-electron chi connectivity index (χ3n) is 5.29. The van der Waals surface area contributed by atoms with E-state index in [9.17, 15) is 18.0 Å². The smallest absolute Gasteiger partial charge is 0.338 e. The number of likely N-dealkylation sites (N-methyl/N-ethyl adjacent to an activating group) is 1. The van der Waals surface area contributed by atoms with Crippen molar-refractivity contribution >= 4 is 48.6 Å². The van der Waals surface area contributed by atoms with Crippen LogP contribution in [0.5, 0.6) is 0 Å². The maximum absolute atomic E-state index is 12.9. The summed E-state index contributed by atoms with van der Waals surface area (Å²) in [7, 11) is -1.78. The van der Waals surface area contributed by atoms with Crippen molar-refractivity contribution in [2.75, 3.05) is 45.2 Å². The molecule has 2 heterocycles. The summed E-state index contributed by atoms with van der Waals surface area (Å²) >= 11 is 1.33. The molecule has 4 rings (SSSR count). The number of aromatic nitrogens is 1. The third kappa shape index (κ3) is 5.38. The van der Waals surface area contributed by atoms with Crippen molar-refractivity contribution in [3.63, 3.8) is 0 Å². The van der Waals surface area contributed by atoms with E-state index in [4.69, 9.17) is 4.74 Å². The monoisotopic (exact) mass is 488 g/mol. The molecule has 0 saturated carbocycles. The summed E-state index contributed by atoms with van der Waals surface area (Å²) in [4.78, 5) is 31.1. The SMILES string of the molecule is Cc1ccc2nc(NC(=O)COC(=O)c3cccc(S(=O)(=O)N4CCN(C)CC4)c3)sc2c1. The number of sulfonamides is 1. The summed E-state index contributed by atoms with van der Waals surface area (Å²) in [5, 5.41) is 3.04. The van der Waals surface area contributed by atoms with Gasteiger partial charge in [-0.25, -0.2) is 18.2 Å². The lowest BCUT2D eigenvalue weighted by atomic mass is 10.2. The van der Waals surface area contributed by atoms with E-state index in [1.54, 1.807) is 0 Å². The lowest BCUT2D eigenvalue weighted by molar-refractivity contribution is -0.119. The number of amides is 1. The second-order valence-corrected chi connectivity index (χ2v) is 10.8. The molecule has 0 radical (unpaired) electrons. The molecule has 0 unspecified atom stereocenters. The van der Waals surface area contributed by atoms with Crippen LogP contribution in [0, 0.1) is 6.92 Å². The van der Waals surface area contributed by atoms with Gasteiger partial charge in [0.25, 0.3) is 5.91 Å². The van der Waals surface area contributed by atoms with Crippen LogP contribution in [0.4, 0.5) is 5.13 Å². The minimum absolute atomic E-state index is 0.0238. The van der Waals surface area contributed by atoms with E-state index < -0.39 is 28.5 Å². The predicted molar refractivity (Wildman–Crippen MR) is 126 cm³/mol. The quantitative estimate of drug-likeness (QED) is 0.531. The second kappa shape index (κ2) is 9.56.